The Hall–Kier alpha value is 0.408. The number of benzene rings is 1. The second-order valence-corrected chi connectivity index (χ2v) is 5.50. The molecule has 0 spiro atoms. The fourth-order valence-electron chi connectivity index (χ4n) is 0.803. The van der Waals surface area contributed by atoms with Crippen molar-refractivity contribution >= 4 is 18.8 Å². The number of nitrogens with one attached hydrogen (secondary N) is 2. The van der Waals surface area contributed by atoms with Gasteiger partial charge in [0.05, 0.1) is 0 Å². The van der Waals surface area contributed by atoms with E-state index in [9.17, 15) is 0 Å². The third-order valence-electron chi connectivity index (χ3n) is 1.41. The number of hydrogen-bond donors (Lipinski definition) is 0. The monoisotopic (exact) mass is 399 g/mol. The molecule has 5 heteroatoms. The summed E-state index contributed by atoms with van der Waals surface area (Å²) in [7, 11) is 9.75. The molecule has 0 saturated carbocycles. The van der Waals surface area contributed by atoms with Crippen LogP contribution in [0.15, 0.2) is 30.3 Å². The van der Waals surface area contributed by atoms with Gasteiger partial charge in [0.15, 0.2) is 0 Å². The zero-order valence-electron chi connectivity index (χ0n) is 6.74. The summed E-state index contributed by atoms with van der Waals surface area (Å²) in [6.07, 6.45) is 0. The van der Waals surface area contributed by atoms with Crippen LogP contribution in [0.4, 0.5) is 0 Å². The molecule has 0 aliphatic heterocycles. The van der Waals surface area contributed by atoms with Crippen molar-refractivity contribution in [3.63, 3.8) is 0 Å². The summed E-state index contributed by atoms with van der Waals surface area (Å²) in [6, 6.07) is 9.10. The third kappa shape index (κ3) is 6.48. The molecule has 2 N–H and O–H groups in total. The van der Waals surface area contributed by atoms with Crippen molar-refractivity contribution in [2.24, 2.45) is 0 Å². The van der Waals surface area contributed by atoms with Crippen molar-refractivity contribution in [2.45, 2.75) is 6.04 Å². The molecule has 0 aromatic heterocycles. The van der Waals surface area contributed by atoms with Crippen LogP contribution in [0.2, 0.25) is 0 Å². The van der Waals surface area contributed by atoms with E-state index in [2.05, 4.69) is 0 Å². The van der Waals surface area contributed by atoms with Crippen molar-refractivity contribution in [2.75, 3.05) is 6.54 Å². The van der Waals surface area contributed by atoms with Gasteiger partial charge >= 0.3 is 35.3 Å². The smallest absolute Gasteiger partial charge is 0.0606 e. The van der Waals surface area contributed by atoms with E-state index in [1.807, 2.05) is 30.3 Å². The van der Waals surface area contributed by atoms with Gasteiger partial charge in [0.25, 0.3) is 0 Å². The maximum atomic E-state index is 7.37. The second-order valence-electron chi connectivity index (χ2n) is 2.21. The van der Waals surface area contributed by atoms with Crippen LogP contribution in [0.3, 0.4) is 0 Å². The van der Waals surface area contributed by atoms with Gasteiger partial charge in [-0.3, -0.25) is 0 Å². The molecule has 0 saturated heterocycles. The van der Waals surface area contributed by atoms with E-state index in [1.54, 1.807) is 0 Å². The Morgan fingerprint density at radius 1 is 1.23 bits per heavy atom. The van der Waals surface area contributed by atoms with E-state index in [-0.39, 0.29) is 12.6 Å². The van der Waals surface area contributed by atoms with Crippen LogP contribution < -0.4 is 0 Å². The quantitative estimate of drug-likeness (QED) is 0.715. The Morgan fingerprint density at radius 3 is 2.08 bits per heavy atom. The molecule has 1 atom stereocenters. The predicted octanol–water partition coefficient (Wildman–Crippen LogP) is 4.21. The molecule has 2 nitrogen and oxygen atoms in total. The van der Waals surface area contributed by atoms with Gasteiger partial charge in [0, 0.05) is 0 Å². The summed E-state index contributed by atoms with van der Waals surface area (Å²) >= 11 is -0.472. The normalized spacial score (nSPS) is 11.7. The van der Waals surface area contributed by atoms with E-state index in [4.69, 9.17) is 30.3 Å². The fourth-order valence-corrected chi connectivity index (χ4v) is 0.803. The van der Waals surface area contributed by atoms with E-state index in [0.29, 0.717) is 0 Å². The topological polar surface area (TPSA) is 47.6 Å². The first-order valence-electron chi connectivity index (χ1n) is 3.49. The first kappa shape index (κ1) is 13.4. The van der Waals surface area contributed by atoms with E-state index >= 15 is 0 Å². The van der Waals surface area contributed by atoms with Crippen molar-refractivity contribution in [3.05, 3.63) is 47.4 Å². The van der Waals surface area contributed by atoms with Crippen LogP contribution in [0.5, 0.6) is 0 Å². The van der Waals surface area contributed by atoms with Crippen molar-refractivity contribution < 1.29 is 16.5 Å². The first-order chi connectivity index (χ1) is 6.26. The third-order valence-corrected chi connectivity index (χ3v) is 1.41. The molecule has 1 aromatic rings. The van der Waals surface area contributed by atoms with Crippen molar-refractivity contribution in [1.29, 1.82) is 0 Å². The summed E-state index contributed by atoms with van der Waals surface area (Å²) in [5, 5.41) is 0. The van der Waals surface area contributed by atoms with Crippen LogP contribution in [-0.2, 0) is 16.5 Å². The van der Waals surface area contributed by atoms with Gasteiger partial charge in [0.1, 0.15) is 0 Å². The minimum absolute atomic E-state index is 0.143. The van der Waals surface area contributed by atoms with E-state index in [1.165, 1.54) is 0 Å². The number of rotatable bonds is 2. The molecule has 0 radical (unpaired) electrons. The van der Waals surface area contributed by atoms with Crippen molar-refractivity contribution in [3.8, 4) is 0 Å². The minimum atomic E-state index is -0.472. The molecule has 0 fully saturated rings. The fraction of sp³-hybridized carbons (Fsp3) is 0.250. The largest absolute Gasteiger partial charge is 0.678 e. The molecule has 0 amide bonds. The SMILES string of the molecule is [Cl][Pt+2][Cl].[NH-]CC([NH-])c1ccccc1. The maximum Gasteiger partial charge on any atom is -0.0606 e. The molecular formula is C8H10Cl2N2Pt. The molecule has 0 heterocycles. The van der Waals surface area contributed by atoms with Crippen LogP contribution in [0.1, 0.15) is 11.6 Å². The number of hydrogen-bond acceptors (Lipinski definition) is 0. The van der Waals surface area contributed by atoms with Crippen LogP contribution in [0, 0.1) is 0 Å². The maximum absolute atomic E-state index is 7.37. The molecule has 76 valence electrons. The van der Waals surface area contributed by atoms with Gasteiger partial charge in [-0.05, 0) is 0 Å². The average Bonchev–Trinajstić information content (AvgIpc) is 2.19. The van der Waals surface area contributed by atoms with Gasteiger partial charge in [-0.2, -0.15) is 6.54 Å². The van der Waals surface area contributed by atoms with E-state index in [0.717, 1.165) is 5.56 Å². The zero-order chi connectivity index (χ0) is 10.1. The van der Waals surface area contributed by atoms with Gasteiger partial charge in [-0.15, -0.1) is 6.04 Å². The standard InChI is InChI=1S/C8H10N2.2ClH.Pt/c9-6-8(10)7-4-2-1-3-5-7;;;/h1-5,8-10H,6H2;2*1H;/q-2;;;+4/p-2. The predicted molar refractivity (Wildman–Crippen MR) is 54.4 cm³/mol. The van der Waals surface area contributed by atoms with Gasteiger partial charge in [-0.1, -0.05) is 35.9 Å². The van der Waals surface area contributed by atoms with Gasteiger partial charge in [-0.25, -0.2) is 0 Å². The average molecular weight is 400 g/mol. The zero-order valence-corrected chi connectivity index (χ0v) is 10.5. The van der Waals surface area contributed by atoms with E-state index < -0.39 is 16.5 Å². The van der Waals surface area contributed by atoms with Gasteiger partial charge in [0.2, 0.25) is 0 Å². The molecule has 1 aromatic carbocycles. The Bertz CT molecular complexity index is 209. The van der Waals surface area contributed by atoms with Crippen LogP contribution in [0.25, 0.3) is 11.5 Å². The minimum Gasteiger partial charge on any atom is -0.678 e. The summed E-state index contributed by atoms with van der Waals surface area (Å²) in [5.74, 6) is 0. The second kappa shape index (κ2) is 8.98. The summed E-state index contributed by atoms with van der Waals surface area (Å²) < 4.78 is 0. The molecule has 1 rings (SSSR count). The Balaban J connectivity index is 0.000000424. The molecule has 1 unspecified atom stereocenters. The van der Waals surface area contributed by atoms with Crippen LogP contribution >= 0.6 is 18.8 Å². The van der Waals surface area contributed by atoms with Gasteiger partial charge < -0.3 is 11.5 Å². The Kier molecular flexibility index (Phi) is 9.26. The first-order valence-corrected chi connectivity index (χ1v) is 9.12. The van der Waals surface area contributed by atoms with Crippen molar-refractivity contribution in [1.82, 2.24) is 0 Å². The number of halogens is 2. The molecule has 0 aliphatic rings. The summed E-state index contributed by atoms with van der Waals surface area (Å²) in [5.41, 5.74) is 15.3. The summed E-state index contributed by atoms with van der Waals surface area (Å²) in [4.78, 5) is 0. The Labute approximate surface area is 95.0 Å². The molecule has 0 bridgehead atoms. The molecule has 13 heavy (non-hydrogen) atoms. The van der Waals surface area contributed by atoms with Crippen LogP contribution in [-0.4, -0.2) is 6.54 Å². The Morgan fingerprint density at radius 2 is 1.69 bits per heavy atom. The molecule has 0 aliphatic carbocycles. The summed E-state index contributed by atoms with van der Waals surface area (Å²) in [6.45, 7) is 0.143. The molecular weight excluding hydrogens is 390 g/mol.